The van der Waals surface area contributed by atoms with Gasteiger partial charge >= 0.3 is 12.1 Å². The molecule has 1 rings (SSSR count). The van der Waals surface area contributed by atoms with Crippen molar-refractivity contribution in [2.45, 2.75) is 25.4 Å². The zero-order valence-corrected chi connectivity index (χ0v) is 7.89. The third-order valence-electron chi connectivity index (χ3n) is 2.46. The zero-order chi connectivity index (χ0) is 11.8. The molecule has 0 aliphatic carbocycles. The number of hydrogen-bond acceptors (Lipinski definition) is 1. The molecule has 0 aromatic carbocycles. The molecule has 7 heteroatoms. The molecule has 88 valence electrons. The molecule has 0 N–H and O–H groups in total. The minimum absolute atomic E-state index is 0.176. The first-order valence-electron chi connectivity index (χ1n) is 4.37. The van der Waals surface area contributed by atoms with Crippen LogP contribution in [0.5, 0.6) is 0 Å². The third kappa shape index (κ3) is 2.57. The molecule has 0 spiro atoms. The smallest absolute Gasteiger partial charge is 0.329 e. The van der Waals surface area contributed by atoms with Gasteiger partial charge in [-0.25, -0.2) is 8.78 Å². The van der Waals surface area contributed by atoms with Crippen LogP contribution < -0.4 is 0 Å². The number of carbonyl (C=O) groups is 1. The summed E-state index contributed by atoms with van der Waals surface area (Å²) < 4.78 is 61.9. The fraction of sp³-hybridized carbons (Fsp3) is 0.875. The van der Waals surface area contributed by atoms with Crippen molar-refractivity contribution in [2.24, 2.45) is 5.92 Å². The van der Waals surface area contributed by atoms with Crippen LogP contribution >= 0.6 is 0 Å². The number of carbonyl (C=O) groups excluding carboxylic acids is 1. The number of halogens is 5. The van der Waals surface area contributed by atoms with E-state index >= 15 is 0 Å². The van der Waals surface area contributed by atoms with E-state index in [0.717, 1.165) is 0 Å². The van der Waals surface area contributed by atoms with Gasteiger partial charge in [-0.2, -0.15) is 13.2 Å². The first-order valence-corrected chi connectivity index (χ1v) is 4.37. The van der Waals surface area contributed by atoms with Crippen LogP contribution in [0.1, 0.15) is 6.92 Å². The number of rotatable bonds is 0. The van der Waals surface area contributed by atoms with Crippen molar-refractivity contribution in [1.29, 1.82) is 0 Å². The minimum atomic E-state index is -5.07. The van der Waals surface area contributed by atoms with Crippen molar-refractivity contribution >= 4 is 5.91 Å². The summed E-state index contributed by atoms with van der Waals surface area (Å²) in [5.74, 6) is -3.15. The van der Waals surface area contributed by atoms with Gasteiger partial charge < -0.3 is 4.90 Å². The Kier molecular flexibility index (Phi) is 3.20. The second-order valence-corrected chi connectivity index (χ2v) is 3.60. The zero-order valence-electron chi connectivity index (χ0n) is 7.89. The van der Waals surface area contributed by atoms with Gasteiger partial charge in [0.25, 0.3) is 0 Å². The van der Waals surface area contributed by atoms with E-state index in [0.29, 0.717) is 0 Å². The normalized spacial score (nSPS) is 32.9. The van der Waals surface area contributed by atoms with Gasteiger partial charge in [0.15, 0.2) is 0 Å². The molecule has 1 amide bonds. The average Bonchev–Trinajstić information content (AvgIpc) is 2.10. The van der Waals surface area contributed by atoms with E-state index in [4.69, 9.17) is 0 Å². The van der Waals surface area contributed by atoms with Crippen LogP contribution in [0.2, 0.25) is 0 Å². The molecule has 0 aromatic rings. The van der Waals surface area contributed by atoms with Gasteiger partial charge in [-0.05, 0) is 0 Å². The summed E-state index contributed by atoms with van der Waals surface area (Å²) in [6.07, 6.45) is -8.57. The van der Waals surface area contributed by atoms with Crippen LogP contribution in [-0.4, -0.2) is 42.4 Å². The fourth-order valence-electron chi connectivity index (χ4n) is 1.40. The van der Waals surface area contributed by atoms with Gasteiger partial charge in [0.1, 0.15) is 12.3 Å². The van der Waals surface area contributed by atoms with Crippen LogP contribution in [0.4, 0.5) is 22.0 Å². The second-order valence-electron chi connectivity index (χ2n) is 3.60. The highest BCUT2D eigenvalue weighted by Gasteiger charge is 2.46. The highest BCUT2D eigenvalue weighted by Crippen LogP contribution is 2.26. The molecule has 0 radical (unpaired) electrons. The van der Waals surface area contributed by atoms with Gasteiger partial charge in [0.05, 0.1) is 13.1 Å². The van der Waals surface area contributed by atoms with Crippen molar-refractivity contribution in [3.05, 3.63) is 0 Å². The molecule has 2 unspecified atom stereocenters. The Morgan fingerprint density at radius 3 is 1.93 bits per heavy atom. The molecule has 1 heterocycles. The van der Waals surface area contributed by atoms with Crippen LogP contribution in [0.25, 0.3) is 0 Å². The van der Waals surface area contributed by atoms with E-state index in [9.17, 15) is 26.7 Å². The molecule has 15 heavy (non-hydrogen) atoms. The number of amides is 1. The predicted octanol–water partition coefficient (Wildman–Crippen LogP) is 1.70. The molecular formula is C8H10F5NO. The molecule has 0 aromatic heterocycles. The van der Waals surface area contributed by atoms with Crippen molar-refractivity contribution in [2.75, 3.05) is 13.1 Å². The van der Waals surface area contributed by atoms with Crippen molar-refractivity contribution in [3.63, 3.8) is 0 Å². The molecule has 2 atom stereocenters. The molecule has 1 fully saturated rings. The Labute approximate surface area is 83.0 Å². The Morgan fingerprint density at radius 1 is 1.20 bits per heavy atom. The van der Waals surface area contributed by atoms with Gasteiger partial charge in [-0.3, -0.25) is 4.79 Å². The maximum Gasteiger partial charge on any atom is 0.471 e. The first-order chi connectivity index (χ1) is 6.73. The summed E-state index contributed by atoms with van der Waals surface area (Å²) in [5, 5.41) is 0. The van der Waals surface area contributed by atoms with E-state index in [-0.39, 0.29) is 4.90 Å². The lowest BCUT2D eigenvalue weighted by molar-refractivity contribution is -0.189. The predicted molar refractivity (Wildman–Crippen MR) is 41.6 cm³/mol. The van der Waals surface area contributed by atoms with Crippen LogP contribution in [-0.2, 0) is 4.79 Å². The summed E-state index contributed by atoms with van der Waals surface area (Å²) in [6, 6.07) is 0. The third-order valence-corrected chi connectivity index (χ3v) is 2.46. The maximum atomic E-state index is 13.0. The summed E-state index contributed by atoms with van der Waals surface area (Å²) in [6.45, 7) is -0.120. The van der Waals surface area contributed by atoms with Gasteiger partial charge in [0, 0.05) is 5.92 Å². The summed E-state index contributed by atoms with van der Waals surface area (Å²) in [5.41, 5.74) is 0. The Hall–Kier alpha value is -0.880. The van der Waals surface area contributed by atoms with Gasteiger partial charge in [-0.15, -0.1) is 0 Å². The lowest BCUT2D eigenvalue weighted by Crippen LogP contribution is -2.53. The Balaban J connectivity index is 2.70. The molecular weight excluding hydrogens is 221 g/mol. The molecule has 1 aliphatic rings. The number of likely N-dealkylation sites (tertiary alicyclic amines) is 1. The highest BCUT2D eigenvalue weighted by atomic mass is 19.4. The monoisotopic (exact) mass is 231 g/mol. The SMILES string of the molecule is CC1C(F)CN(C(=O)C(F)(F)F)CC1F. The Bertz CT molecular complexity index is 242. The van der Waals surface area contributed by atoms with Crippen LogP contribution in [0.15, 0.2) is 0 Å². The van der Waals surface area contributed by atoms with E-state index in [1.807, 2.05) is 0 Å². The maximum absolute atomic E-state index is 13.0. The number of alkyl halides is 5. The van der Waals surface area contributed by atoms with Crippen molar-refractivity contribution in [3.8, 4) is 0 Å². The van der Waals surface area contributed by atoms with E-state index < -0.39 is 43.4 Å². The van der Waals surface area contributed by atoms with Crippen molar-refractivity contribution in [1.82, 2.24) is 4.90 Å². The molecule has 1 aliphatic heterocycles. The molecule has 2 nitrogen and oxygen atoms in total. The lowest BCUT2D eigenvalue weighted by atomic mass is 9.95. The number of hydrogen-bond donors (Lipinski definition) is 0. The lowest BCUT2D eigenvalue weighted by Gasteiger charge is -2.35. The molecule has 0 bridgehead atoms. The summed E-state index contributed by atoms with van der Waals surface area (Å²) in [4.78, 5) is 10.9. The van der Waals surface area contributed by atoms with Crippen LogP contribution in [0, 0.1) is 5.92 Å². The van der Waals surface area contributed by atoms with E-state index in [1.165, 1.54) is 6.92 Å². The van der Waals surface area contributed by atoms with Gasteiger partial charge in [0.2, 0.25) is 0 Å². The molecule has 0 saturated carbocycles. The van der Waals surface area contributed by atoms with E-state index in [1.54, 1.807) is 0 Å². The number of nitrogens with zero attached hydrogens (tertiary/aromatic N) is 1. The topological polar surface area (TPSA) is 20.3 Å². The fourth-order valence-corrected chi connectivity index (χ4v) is 1.40. The molecule has 1 saturated heterocycles. The summed E-state index contributed by atoms with van der Waals surface area (Å²) >= 11 is 0. The largest absolute Gasteiger partial charge is 0.471 e. The quantitative estimate of drug-likeness (QED) is 0.581. The average molecular weight is 231 g/mol. The second kappa shape index (κ2) is 3.94. The minimum Gasteiger partial charge on any atom is -0.329 e. The standard InChI is InChI=1S/C8H10F5NO/c1-4-5(9)2-14(3-6(4)10)7(15)8(11,12)13/h4-6H,2-3H2,1H3. The summed E-state index contributed by atoms with van der Waals surface area (Å²) in [7, 11) is 0. The first kappa shape index (κ1) is 12.2. The highest BCUT2D eigenvalue weighted by molar-refractivity contribution is 5.82. The van der Waals surface area contributed by atoms with Gasteiger partial charge in [-0.1, -0.05) is 6.92 Å². The Morgan fingerprint density at radius 2 is 1.60 bits per heavy atom. The van der Waals surface area contributed by atoms with Crippen LogP contribution in [0.3, 0.4) is 0 Å². The van der Waals surface area contributed by atoms with Crippen molar-refractivity contribution < 1.29 is 26.7 Å². The number of piperidine rings is 1. The van der Waals surface area contributed by atoms with E-state index in [2.05, 4.69) is 0 Å².